The third-order valence-electron chi connectivity index (χ3n) is 3.13. The van der Waals surface area contributed by atoms with Gasteiger partial charge in [0.1, 0.15) is 5.82 Å². The van der Waals surface area contributed by atoms with Crippen LogP contribution in [-0.2, 0) is 4.74 Å². The lowest BCUT2D eigenvalue weighted by Gasteiger charge is -2.34. The van der Waals surface area contributed by atoms with E-state index in [0.717, 1.165) is 6.07 Å². The molecular weight excluding hydrogens is 271 g/mol. The summed E-state index contributed by atoms with van der Waals surface area (Å²) in [5.74, 6) is -0.684. The fourth-order valence-corrected chi connectivity index (χ4v) is 2.26. The number of nitrogens with zero attached hydrogens (tertiary/aromatic N) is 1. The van der Waals surface area contributed by atoms with Gasteiger partial charge in [-0.2, -0.15) is 0 Å². The quantitative estimate of drug-likeness (QED) is 0.900. The molecule has 0 spiro atoms. The van der Waals surface area contributed by atoms with E-state index in [1.54, 1.807) is 4.90 Å². The molecule has 2 atom stereocenters. The second-order valence-electron chi connectivity index (χ2n) is 4.64. The van der Waals surface area contributed by atoms with Gasteiger partial charge in [0.15, 0.2) is 0 Å². The van der Waals surface area contributed by atoms with Gasteiger partial charge >= 0.3 is 0 Å². The molecule has 19 heavy (non-hydrogen) atoms. The van der Waals surface area contributed by atoms with Crippen molar-refractivity contribution >= 4 is 17.5 Å². The summed E-state index contributed by atoms with van der Waals surface area (Å²) in [5.41, 5.74) is 6.08. The van der Waals surface area contributed by atoms with Crippen molar-refractivity contribution in [3.05, 3.63) is 34.6 Å². The Balaban J connectivity index is 2.15. The third kappa shape index (κ3) is 3.23. The molecule has 1 aliphatic rings. The predicted molar refractivity (Wildman–Crippen MR) is 70.7 cm³/mol. The number of morpholine rings is 1. The molecule has 1 fully saturated rings. The number of ether oxygens (including phenoxy) is 1. The minimum absolute atomic E-state index is 0.119. The Morgan fingerprint density at radius 1 is 1.63 bits per heavy atom. The first-order valence-corrected chi connectivity index (χ1v) is 6.48. The second kappa shape index (κ2) is 5.86. The first-order chi connectivity index (χ1) is 8.99. The van der Waals surface area contributed by atoms with Crippen molar-refractivity contribution in [3.63, 3.8) is 0 Å². The molecule has 1 aromatic carbocycles. The fourth-order valence-electron chi connectivity index (χ4n) is 2.01. The van der Waals surface area contributed by atoms with Crippen molar-refractivity contribution in [1.82, 2.24) is 4.90 Å². The molecule has 4 nitrogen and oxygen atoms in total. The van der Waals surface area contributed by atoms with E-state index in [1.807, 2.05) is 6.92 Å². The molecule has 1 amide bonds. The molecule has 2 N–H and O–H groups in total. The van der Waals surface area contributed by atoms with Gasteiger partial charge in [-0.3, -0.25) is 4.79 Å². The minimum atomic E-state index is -0.461. The Labute approximate surface area is 116 Å². The highest BCUT2D eigenvalue weighted by atomic mass is 35.5. The summed E-state index contributed by atoms with van der Waals surface area (Å²) in [7, 11) is 0. The first-order valence-electron chi connectivity index (χ1n) is 6.10. The van der Waals surface area contributed by atoms with Gasteiger partial charge in [-0.1, -0.05) is 11.6 Å². The van der Waals surface area contributed by atoms with Crippen molar-refractivity contribution in [2.24, 2.45) is 5.73 Å². The SMILES string of the molecule is C[C@H](N)[C@@H]1CN(C(=O)c2ccc(F)cc2Cl)CCO1. The highest BCUT2D eigenvalue weighted by Crippen LogP contribution is 2.20. The van der Waals surface area contributed by atoms with Gasteiger partial charge in [-0.05, 0) is 25.1 Å². The molecule has 2 rings (SSSR count). The van der Waals surface area contributed by atoms with Crippen molar-refractivity contribution in [2.75, 3.05) is 19.7 Å². The van der Waals surface area contributed by atoms with Crippen molar-refractivity contribution < 1.29 is 13.9 Å². The van der Waals surface area contributed by atoms with Crippen LogP contribution >= 0.6 is 11.6 Å². The second-order valence-corrected chi connectivity index (χ2v) is 5.05. The fraction of sp³-hybridized carbons (Fsp3) is 0.462. The van der Waals surface area contributed by atoms with Crippen LogP contribution in [0.25, 0.3) is 0 Å². The Morgan fingerprint density at radius 2 is 2.37 bits per heavy atom. The molecule has 0 saturated carbocycles. The van der Waals surface area contributed by atoms with Gasteiger partial charge in [0.05, 0.1) is 23.3 Å². The van der Waals surface area contributed by atoms with Crippen molar-refractivity contribution in [2.45, 2.75) is 19.1 Å². The summed E-state index contributed by atoms with van der Waals surface area (Å²) in [4.78, 5) is 14.0. The van der Waals surface area contributed by atoms with Crippen LogP contribution in [0, 0.1) is 5.82 Å². The molecule has 1 aliphatic heterocycles. The molecule has 0 unspecified atom stereocenters. The predicted octanol–water partition coefficient (Wildman–Crippen LogP) is 1.67. The standard InChI is InChI=1S/C13H16ClFN2O2/c1-8(16)12-7-17(4-5-19-12)13(18)10-3-2-9(15)6-11(10)14/h2-3,6,8,12H,4-5,7,16H2,1H3/t8-,12-/m0/s1. The number of nitrogens with two attached hydrogens (primary N) is 1. The summed E-state index contributed by atoms with van der Waals surface area (Å²) >= 11 is 5.90. The summed E-state index contributed by atoms with van der Waals surface area (Å²) < 4.78 is 18.5. The molecule has 1 aromatic rings. The lowest BCUT2D eigenvalue weighted by molar-refractivity contribution is -0.0300. The van der Waals surface area contributed by atoms with E-state index >= 15 is 0 Å². The zero-order chi connectivity index (χ0) is 14.0. The zero-order valence-corrected chi connectivity index (χ0v) is 11.4. The van der Waals surface area contributed by atoms with E-state index in [-0.39, 0.29) is 23.1 Å². The van der Waals surface area contributed by atoms with Crippen LogP contribution in [0.3, 0.4) is 0 Å². The number of hydrogen-bond acceptors (Lipinski definition) is 3. The van der Waals surface area contributed by atoms with Gasteiger partial charge in [-0.25, -0.2) is 4.39 Å². The average molecular weight is 287 g/mol. The zero-order valence-electron chi connectivity index (χ0n) is 10.6. The summed E-state index contributed by atoms with van der Waals surface area (Å²) in [6.45, 7) is 3.18. The molecule has 0 bridgehead atoms. The first kappa shape index (κ1) is 14.2. The topological polar surface area (TPSA) is 55.6 Å². The number of hydrogen-bond donors (Lipinski definition) is 1. The number of amides is 1. The third-order valence-corrected chi connectivity index (χ3v) is 3.44. The highest BCUT2D eigenvalue weighted by molar-refractivity contribution is 6.33. The van der Waals surface area contributed by atoms with E-state index in [4.69, 9.17) is 22.1 Å². The maximum absolute atomic E-state index is 13.0. The van der Waals surface area contributed by atoms with Crippen molar-refractivity contribution in [1.29, 1.82) is 0 Å². The molecule has 1 saturated heterocycles. The van der Waals surface area contributed by atoms with Gasteiger partial charge in [0.2, 0.25) is 0 Å². The Hall–Kier alpha value is -1.17. The molecule has 0 radical (unpaired) electrons. The molecule has 6 heteroatoms. The molecule has 1 heterocycles. The normalized spacial score (nSPS) is 21.3. The average Bonchev–Trinajstić information content (AvgIpc) is 2.38. The van der Waals surface area contributed by atoms with E-state index in [2.05, 4.69) is 0 Å². The Morgan fingerprint density at radius 3 is 3.00 bits per heavy atom. The number of benzene rings is 1. The highest BCUT2D eigenvalue weighted by Gasteiger charge is 2.28. The van der Waals surface area contributed by atoms with Gasteiger partial charge < -0.3 is 15.4 Å². The number of halogens is 2. The van der Waals surface area contributed by atoms with Crippen LogP contribution in [0.5, 0.6) is 0 Å². The van der Waals surface area contributed by atoms with E-state index < -0.39 is 5.82 Å². The minimum Gasteiger partial charge on any atom is -0.373 e. The summed E-state index contributed by atoms with van der Waals surface area (Å²) in [5, 5.41) is 0.119. The van der Waals surface area contributed by atoms with Crippen LogP contribution in [-0.4, -0.2) is 42.6 Å². The lowest BCUT2D eigenvalue weighted by Crippen LogP contribution is -2.51. The molecule has 104 valence electrons. The van der Waals surface area contributed by atoms with Gasteiger partial charge in [-0.15, -0.1) is 0 Å². The van der Waals surface area contributed by atoms with E-state index in [9.17, 15) is 9.18 Å². The van der Waals surface area contributed by atoms with Crippen LogP contribution in [0.4, 0.5) is 4.39 Å². The van der Waals surface area contributed by atoms with Gasteiger partial charge in [0, 0.05) is 19.1 Å². The summed E-state index contributed by atoms with van der Waals surface area (Å²) in [6, 6.07) is 3.61. The van der Waals surface area contributed by atoms with Gasteiger partial charge in [0.25, 0.3) is 5.91 Å². The molecular formula is C13H16ClFN2O2. The van der Waals surface area contributed by atoms with Crippen LogP contribution in [0.15, 0.2) is 18.2 Å². The molecule has 0 aliphatic carbocycles. The van der Waals surface area contributed by atoms with E-state index in [1.165, 1.54) is 12.1 Å². The maximum atomic E-state index is 13.0. The van der Waals surface area contributed by atoms with Crippen LogP contribution in [0.2, 0.25) is 5.02 Å². The molecule has 0 aromatic heterocycles. The number of carbonyl (C=O) groups excluding carboxylic acids is 1. The summed E-state index contributed by atoms with van der Waals surface area (Å²) in [6.07, 6.45) is -0.183. The number of carbonyl (C=O) groups is 1. The maximum Gasteiger partial charge on any atom is 0.255 e. The largest absolute Gasteiger partial charge is 0.373 e. The van der Waals surface area contributed by atoms with Crippen LogP contribution < -0.4 is 5.73 Å². The lowest BCUT2D eigenvalue weighted by atomic mass is 10.1. The smallest absolute Gasteiger partial charge is 0.255 e. The van der Waals surface area contributed by atoms with E-state index in [0.29, 0.717) is 25.3 Å². The Bertz CT molecular complexity index is 482. The number of rotatable bonds is 2. The van der Waals surface area contributed by atoms with Crippen LogP contribution in [0.1, 0.15) is 17.3 Å². The van der Waals surface area contributed by atoms with Crippen molar-refractivity contribution in [3.8, 4) is 0 Å². The monoisotopic (exact) mass is 286 g/mol. The Kier molecular flexibility index (Phi) is 4.39.